The van der Waals surface area contributed by atoms with Crippen molar-refractivity contribution < 1.29 is 51.3 Å². The zero-order valence-corrected chi connectivity index (χ0v) is 27.0. The molecule has 1 aliphatic carbocycles. The number of aryl methyl sites for hydroxylation is 1. The molecule has 266 valence electrons. The maximum atomic E-state index is 15.2. The Balaban J connectivity index is 1.41. The number of halogens is 4. The number of carbonyl (C=O) groups excluding carboxylic acids is 4. The highest BCUT2D eigenvalue weighted by molar-refractivity contribution is 5.94. The van der Waals surface area contributed by atoms with Gasteiger partial charge in [-0.2, -0.15) is 13.2 Å². The summed E-state index contributed by atoms with van der Waals surface area (Å²) in [6, 6.07) is 1.90. The number of nitrogens with one attached hydrogen (secondary N) is 3. The van der Waals surface area contributed by atoms with Gasteiger partial charge in [0.2, 0.25) is 18.2 Å². The second-order valence-corrected chi connectivity index (χ2v) is 12.5. The number of amides is 3. The Bertz CT molecular complexity index is 2000. The van der Waals surface area contributed by atoms with Crippen LogP contribution in [0.4, 0.5) is 17.6 Å². The van der Waals surface area contributed by atoms with Crippen molar-refractivity contribution >= 4 is 35.1 Å². The van der Waals surface area contributed by atoms with Gasteiger partial charge in [-0.25, -0.2) is 14.2 Å². The molecule has 6 rings (SSSR count). The molecule has 1 unspecified atom stereocenters. The van der Waals surface area contributed by atoms with Gasteiger partial charge in [-0.1, -0.05) is 6.92 Å². The van der Waals surface area contributed by atoms with Crippen LogP contribution >= 0.6 is 0 Å². The molecule has 0 bridgehead atoms. The third-order valence-corrected chi connectivity index (χ3v) is 9.58. The van der Waals surface area contributed by atoms with Gasteiger partial charge >= 0.3 is 12.1 Å². The molecular weight excluding hydrogens is 670 g/mol. The summed E-state index contributed by atoms with van der Waals surface area (Å²) in [4.78, 5) is 67.1. The summed E-state index contributed by atoms with van der Waals surface area (Å²) in [5.74, 6) is -3.02. The Morgan fingerprint density at radius 1 is 1.24 bits per heavy atom. The molecule has 0 fully saturated rings. The number of pyridine rings is 2. The fourth-order valence-corrected chi connectivity index (χ4v) is 6.97. The Morgan fingerprint density at radius 2 is 2.00 bits per heavy atom. The maximum absolute atomic E-state index is 15.2. The zero-order valence-electron chi connectivity index (χ0n) is 27.0. The lowest BCUT2D eigenvalue weighted by atomic mass is 9.81. The van der Waals surface area contributed by atoms with E-state index in [-0.39, 0.29) is 66.9 Å². The number of aromatic nitrogens is 2. The molecule has 0 saturated heterocycles. The largest absolute Gasteiger partial charge is 0.458 e. The molecule has 3 atom stereocenters. The SMILES string of the molecule is CC[C@@]1(O)C(=O)OCc2c1cc1n(c2=O)Cc2c-1nc1cc(F)c(C)c3c1c2[C@@H](NC(=O)C(CCC(F)(F)F)OCNC(=O)CNC=O)CC3. The van der Waals surface area contributed by atoms with E-state index in [2.05, 4.69) is 16.0 Å². The standard InChI is InChI=1S/C33H33F4N5O8/c1-3-32(48)19-8-23-28-17(11-42(23)30(46)18(19)12-49-31(32)47)27-21(5-4-16-15(2)20(34)9-22(40-28)26(16)27)41-29(45)24(6-7-33(35,36)37)50-14-39-25(44)10-38-13-43/h8-9,13,21,24,48H,3-7,10-12,14H2,1-2H3,(H,38,43)(H,39,44)(H,41,45)/t21-,24?,32-/m0/s1. The number of fused-ring (bicyclic) bond motifs is 5. The first-order chi connectivity index (χ1) is 23.7. The first-order valence-electron chi connectivity index (χ1n) is 15.9. The molecule has 13 nitrogen and oxygen atoms in total. The van der Waals surface area contributed by atoms with Crippen molar-refractivity contribution in [2.45, 2.75) is 83.0 Å². The first-order valence-corrected chi connectivity index (χ1v) is 15.9. The number of cyclic esters (lactones) is 1. The van der Waals surface area contributed by atoms with Gasteiger partial charge in [0.25, 0.3) is 5.56 Å². The van der Waals surface area contributed by atoms with Crippen LogP contribution in [0.3, 0.4) is 0 Å². The average molecular weight is 704 g/mol. The lowest BCUT2D eigenvalue weighted by Gasteiger charge is -2.31. The van der Waals surface area contributed by atoms with Crippen LogP contribution in [0.2, 0.25) is 0 Å². The number of benzene rings is 1. The number of rotatable bonds is 11. The summed E-state index contributed by atoms with van der Waals surface area (Å²) in [5.41, 5.74) is 0.298. The highest BCUT2D eigenvalue weighted by atomic mass is 19.4. The van der Waals surface area contributed by atoms with Crippen LogP contribution < -0.4 is 21.5 Å². The van der Waals surface area contributed by atoms with Crippen LogP contribution in [0.25, 0.3) is 22.3 Å². The topological polar surface area (TPSA) is 178 Å². The second-order valence-electron chi connectivity index (χ2n) is 12.5. The molecule has 0 radical (unpaired) electrons. The normalized spacial score (nSPS) is 19.6. The summed E-state index contributed by atoms with van der Waals surface area (Å²) in [5, 5.41) is 19.0. The molecule has 50 heavy (non-hydrogen) atoms. The van der Waals surface area contributed by atoms with Crippen molar-refractivity contribution in [2.75, 3.05) is 13.3 Å². The van der Waals surface area contributed by atoms with Crippen molar-refractivity contribution in [1.29, 1.82) is 0 Å². The molecule has 4 heterocycles. The number of carbonyl (C=O) groups is 4. The van der Waals surface area contributed by atoms with Crippen molar-refractivity contribution in [1.82, 2.24) is 25.5 Å². The fourth-order valence-electron chi connectivity index (χ4n) is 6.97. The van der Waals surface area contributed by atoms with Crippen LogP contribution in [-0.4, -0.2) is 64.4 Å². The Morgan fingerprint density at radius 3 is 2.70 bits per heavy atom. The third kappa shape index (κ3) is 6.08. The number of ether oxygens (including phenoxy) is 2. The Hall–Kier alpha value is -4.90. The van der Waals surface area contributed by atoms with E-state index in [1.165, 1.54) is 16.7 Å². The molecule has 17 heteroatoms. The van der Waals surface area contributed by atoms with E-state index in [9.17, 15) is 42.3 Å². The fraction of sp³-hybridized carbons (Fsp3) is 0.455. The molecule has 4 N–H and O–H groups in total. The number of alkyl halides is 3. The zero-order chi connectivity index (χ0) is 36.1. The molecule has 1 aromatic carbocycles. The first kappa shape index (κ1) is 34.9. The van der Waals surface area contributed by atoms with E-state index in [0.29, 0.717) is 27.6 Å². The molecular formula is C33H33F4N5O8. The van der Waals surface area contributed by atoms with Gasteiger partial charge in [-0.15, -0.1) is 0 Å². The summed E-state index contributed by atoms with van der Waals surface area (Å²) in [7, 11) is 0. The minimum absolute atomic E-state index is 0.0371. The number of hydrogen-bond acceptors (Lipinski definition) is 9. The predicted molar refractivity (Wildman–Crippen MR) is 166 cm³/mol. The van der Waals surface area contributed by atoms with E-state index < -0.39 is 79.2 Å². The molecule has 0 spiro atoms. The van der Waals surface area contributed by atoms with Gasteiger partial charge < -0.3 is 35.1 Å². The monoisotopic (exact) mass is 703 g/mol. The molecule has 2 aliphatic heterocycles. The lowest BCUT2D eigenvalue weighted by Crippen LogP contribution is -2.44. The Kier molecular flexibility index (Phi) is 9.15. The van der Waals surface area contributed by atoms with Crippen LogP contribution in [0.5, 0.6) is 0 Å². The van der Waals surface area contributed by atoms with Crippen molar-refractivity contribution in [2.24, 2.45) is 0 Å². The molecule has 3 amide bonds. The molecule has 0 saturated carbocycles. The van der Waals surface area contributed by atoms with Crippen molar-refractivity contribution in [3.05, 3.63) is 61.7 Å². The van der Waals surface area contributed by atoms with Gasteiger partial charge in [0.1, 0.15) is 25.3 Å². The van der Waals surface area contributed by atoms with E-state index in [4.69, 9.17) is 14.5 Å². The number of nitrogens with zero attached hydrogens (tertiary/aromatic N) is 2. The second kappa shape index (κ2) is 13.1. The summed E-state index contributed by atoms with van der Waals surface area (Å²) in [6.07, 6.45) is -7.66. The average Bonchev–Trinajstić information content (AvgIpc) is 3.44. The highest BCUT2D eigenvalue weighted by Gasteiger charge is 2.46. The van der Waals surface area contributed by atoms with E-state index in [1.54, 1.807) is 13.8 Å². The van der Waals surface area contributed by atoms with Gasteiger partial charge in [0.05, 0.1) is 41.6 Å². The predicted octanol–water partition coefficient (Wildman–Crippen LogP) is 2.18. The maximum Gasteiger partial charge on any atom is 0.389 e. The molecule has 3 aromatic rings. The van der Waals surface area contributed by atoms with Gasteiger partial charge in [0, 0.05) is 29.0 Å². The minimum atomic E-state index is -4.61. The number of esters is 1. The smallest absolute Gasteiger partial charge is 0.389 e. The van der Waals surface area contributed by atoms with Crippen molar-refractivity contribution in [3.63, 3.8) is 0 Å². The summed E-state index contributed by atoms with van der Waals surface area (Å²) < 4.78 is 66.8. The highest BCUT2D eigenvalue weighted by Crippen LogP contribution is 2.46. The van der Waals surface area contributed by atoms with Crippen LogP contribution in [0.15, 0.2) is 16.9 Å². The Labute approximate surface area is 281 Å². The molecule has 2 aromatic heterocycles. The van der Waals surface area contributed by atoms with Crippen LogP contribution in [-0.2, 0) is 53.8 Å². The number of hydrogen-bond donors (Lipinski definition) is 4. The summed E-state index contributed by atoms with van der Waals surface area (Å²) in [6.45, 7) is 1.76. The summed E-state index contributed by atoms with van der Waals surface area (Å²) >= 11 is 0. The number of aliphatic hydroxyl groups is 1. The van der Waals surface area contributed by atoms with E-state index >= 15 is 4.39 Å². The van der Waals surface area contributed by atoms with Crippen LogP contribution in [0, 0.1) is 12.7 Å². The van der Waals surface area contributed by atoms with Gasteiger partial charge in [-0.05, 0) is 55.4 Å². The van der Waals surface area contributed by atoms with Gasteiger partial charge in [-0.3, -0.25) is 19.2 Å². The van der Waals surface area contributed by atoms with Crippen molar-refractivity contribution in [3.8, 4) is 11.4 Å². The van der Waals surface area contributed by atoms with Crippen LogP contribution in [0.1, 0.15) is 72.0 Å². The van der Waals surface area contributed by atoms with E-state index in [1.807, 2.05) is 0 Å². The van der Waals surface area contributed by atoms with Gasteiger partial charge in [0.15, 0.2) is 5.60 Å². The quantitative estimate of drug-likeness (QED) is 0.0789. The third-order valence-electron chi connectivity index (χ3n) is 9.58. The van der Waals surface area contributed by atoms with E-state index in [0.717, 1.165) is 0 Å². The molecule has 3 aliphatic rings. The minimum Gasteiger partial charge on any atom is -0.458 e. The lowest BCUT2D eigenvalue weighted by molar-refractivity contribution is -0.172.